The Morgan fingerprint density at radius 1 is 1.33 bits per heavy atom. The van der Waals surface area contributed by atoms with E-state index in [1.54, 1.807) is 0 Å². The summed E-state index contributed by atoms with van der Waals surface area (Å²) < 4.78 is 5.56. The van der Waals surface area contributed by atoms with Crippen LogP contribution in [0.4, 0.5) is 5.82 Å². The van der Waals surface area contributed by atoms with Crippen LogP contribution in [0.2, 0.25) is 0 Å². The second-order valence-electron chi connectivity index (χ2n) is 4.38. The van der Waals surface area contributed by atoms with E-state index in [4.69, 9.17) is 4.74 Å². The van der Waals surface area contributed by atoms with Crippen LogP contribution < -0.4 is 10.1 Å². The third-order valence-corrected chi connectivity index (χ3v) is 3.26. The summed E-state index contributed by atoms with van der Waals surface area (Å²) in [6, 6.07) is 12.5. The van der Waals surface area contributed by atoms with Gasteiger partial charge in [0.05, 0.1) is 6.61 Å². The minimum atomic E-state index is 0.370. The zero-order valence-corrected chi connectivity index (χ0v) is 10.4. The van der Waals surface area contributed by atoms with E-state index >= 15 is 0 Å². The molecule has 1 atom stereocenters. The van der Waals surface area contributed by atoms with Gasteiger partial charge in [0.15, 0.2) is 0 Å². The summed E-state index contributed by atoms with van der Waals surface area (Å²) in [5.74, 6) is 2.31. The van der Waals surface area contributed by atoms with E-state index in [0.29, 0.717) is 12.5 Å². The average Bonchev–Trinajstić information content (AvgIpc) is 2.83. The van der Waals surface area contributed by atoms with Crippen molar-refractivity contribution < 1.29 is 4.74 Å². The molecule has 92 valence electrons. The fraction of sp³-hybridized carbons (Fsp3) is 0.267. The van der Waals surface area contributed by atoms with Crippen LogP contribution in [0.5, 0.6) is 5.75 Å². The molecule has 2 heterocycles. The molecule has 0 saturated carbocycles. The van der Waals surface area contributed by atoms with Gasteiger partial charge in [-0.05, 0) is 30.7 Å². The first kappa shape index (κ1) is 11.1. The van der Waals surface area contributed by atoms with Crippen LogP contribution >= 0.6 is 0 Å². The zero-order chi connectivity index (χ0) is 12.4. The molecule has 0 aliphatic carbocycles. The Kier molecular flexibility index (Phi) is 2.89. The molecule has 1 N–H and O–H groups in total. The molecular weight excluding hydrogens is 224 g/mol. The maximum atomic E-state index is 5.56. The van der Waals surface area contributed by atoms with E-state index < -0.39 is 0 Å². The lowest BCUT2D eigenvalue weighted by Crippen LogP contribution is -2.04. The quantitative estimate of drug-likeness (QED) is 0.895. The van der Waals surface area contributed by atoms with Gasteiger partial charge in [-0.2, -0.15) is 0 Å². The number of hydrogen-bond acceptors (Lipinski definition) is 3. The standard InChI is InChI=1S/C15H16N2O/c1-2-18-12-6-3-5-11(9-12)14-10-17-15-13(14)7-4-8-16-15/h3-9,14H,2,10H2,1H3,(H,16,17). The van der Waals surface area contributed by atoms with E-state index in [9.17, 15) is 0 Å². The minimum Gasteiger partial charge on any atom is -0.494 e. The van der Waals surface area contributed by atoms with Crippen molar-refractivity contribution in [3.63, 3.8) is 0 Å². The Morgan fingerprint density at radius 2 is 2.28 bits per heavy atom. The van der Waals surface area contributed by atoms with Crippen molar-refractivity contribution in [2.45, 2.75) is 12.8 Å². The van der Waals surface area contributed by atoms with Crippen LogP contribution in [-0.2, 0) is 0 Å². The van der Waals surface area contributed by atoms with Crippen LogP contribution in [0.1, 0.15) is 24.0 Å². The van der Waals surface area contributed by atoms with Crippen molar-refractivity contribution >= 4 is 5.82 Å². The highest BCUT2D eigenvalue weighted by atomic mass is 16.5. The molecule has 1 unspecified atom stereocenters. The second kappa shape index (κ2) is 4.69. The number of anilines is 1. The normalized spacial score (nSPS) is 17.1. The summed E-state index contributed by atoms with van der Waals surface area (Å²) in [5.41, 5.74) is 2.55. The molecule has 3 heteroatoms. The predicted octanol–water partition coefficient (Wildman–Crippen LogP) is 3.04. The first-order valence-corrected chi connectivity index (χ1v) is 6.30. The van der Waals surface area contributed by atoms with Gasteiger partial charge < -0.3 is 10.1 Å². The van der Waals surface area contributed by atoms with Gasteiger partial charge >= 0.3 is 0 Å². The van der Waals surface area contributed by atoms with Crippen molar-refractivity contribution in [1.82, 2.24) is 4.98 Å². The van der Waals surface area contributed by atoms with E-state index in [1.807, 2.05) is 25.3 Å². The molecule has 0 bridgehead atoms. The van der Waals surface area contributed by atoms with Crippen LogP contribution in [0, 0.1) is 0 Å². The van der Waals surface area contributed by atoms with Gasteiger partial charge in [0, 0.05) is 24.2 Å². The number of nitrogens with zero attached hydrogens (tertiary/aromatic N) is 1. The molecule has 1 aromatic heterocycles. The summed E-state index contributed by atoms with van der Waals surface area (Å²) in [6.45, 7) is 3.61. The molecule has 2 aromatic rings. The highest BCUT2D eigenvalue weighted by Crippen LogP contribution is 2.35. The third kappa shape index (κ3) is 1.92. The molecule has 1 aromatic carbocycles. The topological polar surface area (TPSA) is 34.1 Å². The monoisotopic (exact) mass is 240 g/mol. The second-order valence-corrected chi connectivity index (χ2v) is 4.38. The number of nitrogens with one attached hydrogen (secondary N) is 1. The Hall–Kier alpha value is -2.03. The highest BCUT2D eigenvalue weighted by molar-refractivity contribution is 5.56. The lowest BCUT2D eigenvalue weighted by atomic mass is 9.94. The predicted molar refractivity (Wildman–Crippen MR) is 72.2 cm³/mol. The summed E-state index contributed by atoms with van der Waals surface area (Å²) in [4.78, 5) is 4.35. The van der Waals surface area contributed by atoms with Crippen molar-refractivity contribution in [3.05, 3.63) is 53.7 Å². The van der Waals surface area contributed by atoms with E-state index in [1.165, 1.54) is 11.1 Å². The van der Waals surface area contributed by atoms with Gasteiger partial charge in [0.2, 0.25) is 0 Å². The SMILES string of the molecule is CCOc1cccc(C2CNc3ncccc32)c1. The summed E-state index contributed by atoms with van der Waals surface area (Å²) in [7, 11) is 0. The zero-order valence-electron chi connectivity index (χ0n) is 10.4. The number of benzene rings is 1. The smallest absolute Gasteiger partial charge is 0.129 e. The molecule has 0 fully saturated rings. The van der Waals surface area contributed by atoms with Crippen molar-refractivity contribution in [1.29, 1.82) is 0 Å². The third-order valence-electron chi connectivity index (χ3n) is 3.26. The number of fused-ring (bicyclic) bond motifs is 1. The highest BCUT2D eigenvalue weighted by Gasteiger charge is 2.24. The van der Waals surface area contributed by atoms with Gasteiger partial charge in [0.25, 0.3) is 0 Å². The number of hydrogen-bond donors (Lipinski definition) is 1. The first-order valence-electron chi connectivity index (χ1n) is 6.30. The Morgan fingerprint density at radius 3 is 3.17 bits per heavy atom. The maximum Gasteiger partial charge on any atom is 0.129 e. The van der Waals surface area contributed by atoms with Gasteiger partial charge in [-0.3, -0.25) is 0 Å². The van der Waals surface area contributed by atoms with Crippen LogP contribution in [0.3, 0.4) is 0 Å². The number of ether oxygens (including phenoxy) is 1. The van der Waals surface area contributed by atoms with E-state index in [2.05, 4.69) is 34.6 Å². The number of aromatic nitrogens is 1. The Labute approximate surface area is 107 Å². The van der Waals surface area contributed by atoms with E-state index in [0.717, 1.165) is 18.1 Å². The van der Waals surface area contributed by atoms with Gasteiger partial charge in [0.1, 0.15) is 11.6 Å². The molecular formula is C15H16N2O. The van der Waals surface area contributed by atoms with Crippen LogP contribution in [0.15, 0.2) is 42.6 Å². The van der Waals surface area contributed by atoms with Gasteiger partial charge in [-0.15, -0.1) is 0 Å². The average molecular weight is 240 g/mol. The molecule has 1 aliphatic rings. The molecule has 0 spiro atoms. The molecule has 0 radical (unpaired) electrons. The van der Waals surface area contributed by atoms with Crippen molar-refractivity contribution in [3.8, 4) is 5.75 Å². The fourth-order valence-corrected chi connectivity index (χ4v) is 2.44. The Bertz CT molecular complexity index is 554. The van der Waals surface area contributed by atoms with Crippen LogP contribution in [-0.4, -0.2) is 18.1 Å². The molecule has 3 rings (SSSR count). The largest absolute Gasteiger partial charge is 0.494 e. The van der Waals surface area contributed by atoms with Crippen molar-refractivity contribution in [2.75, 3.05) is 18.5 Å². The molecule has 1 aliphatic heterocycles. The molecule has 18 heavy (non-hydrogen) atoms. The van der Waals surface area contributed by atoms with Crippen molar-refractivity contribution in [2.24, 2.45) is 0 Å². The number of rotatable bonds is 3. The van der Waals surface area contributed by atoms with Gasteiger partial charge in [-0.25, -0.2) is 4.98 Å². The first-order chi connectivity index (χ1) is 8.88. The molecule has 0 amide bonds. The van der Waals surface area contributed by atoms with Crippen LogP contribution in [0.25, 0.3) is 0 Å². The lowest BCUT2D eigenvalue weighted by Gasteiger charge is -2.12. The summed E-state index contributed by atoms with van der Waals surface area (Å²) in [6.07, 6.45) is 1.82. The van der Waals surface area contributed by atoms with E-state index in [-0.39, 0.29) is 0 Å². The van der Waals surface area contributed by atoms with Gasteiger partial charge in [-0.1, -0.05) is 18.2 Å². The summed E-state index contributed by atoms with van der Waals surface area (Å²) in [5, 5.41) is 3.35. The number of pyridine rings is 1. The minimum absolute atomic E-state index is 0.370. The Balaban J connectivity index is 1.94. The molecule has 3 nitrogen and oxygen atoms in total. The maximum absolute atomic E-state index is 5.56. The fourth-order valence-electron chi connectivity index (χ4n) is 2.44. The summed E-state index contributed by atoms with van der Waals surface area (Å²) >= 11 is 0. The molecule has 0 saturated heterocycles. The lowest BCUT2D eigenvalue weighted by molar-refractivity contribution is 0.340.